The van der Waals surface area contributed by atoms with Gasteiger partial charge in [0, 0.05) is 6.72 Å². The molecule has 0 atom stereocenters. The standard InChI is InChI=1S/C10H12N2/c1-11-12-10-6-8-4-2-3-5-9(8)7-10/h2-5,10,12H,1,6-7H2. The van der Waals surface area contributed by atoms with Gasteiger partial charge >= 0.3 is 0 Å². The van der Waals surface area contributed by atoms with Gasteiger partial charge in [-0.25, -0.2) is 0 Å². The molecule has 0 aliphatic heterocycles. The minimum absolute atomic E-state index is 0.458. The summed E-state index contributed by atoms with van der Waals surface area (Å²) in [5, 5.41) is 3.70. The van der Waals surface area contributed by atoms with Crippen LogP contribution in [0.2, 0.25) is 0 Å². The van der Waals surface area contributed by atoms with Crippen LogP contribution in [-0.2, 0) is 12.8 Å². The Labute approximate surface area is 72.3 Å². The normalized spacial score (nSPS) is 15.7. The lowest BCUT2D eigenvalue weighted by Gasteiger charge is -2.05. The number of fused-ring (bicyclic) bond motifs is 1. The number of hydrazone groups is 1. The van der Waals surface area contributed by atoms with E-state index >= 15 is 0 Å². The van der Waals surface area contributed by atoms with Crippen LogP contribution in [0.3, 0.4) is 0 Å². The van der Waals surface area contributed by atoms with Crippen LogP contribution in [-0.4, -0.2) is 12.8 Å². The van der Waals surface area contributed by atoms with Crippen molar-refractivity contribution in [2.45, 2.75) is 18.9 Å². The Morgan fingerprint density at radius 2 is 1.83 bits per heavy atom. The summed E-state index contributed by atoms with van der Waals surface area (Å²) in [6, 6.07) is 8.99. The van der Waals surface area contributed by atoms with E-state index in [4.69, 9.17) is 0 Å². The van der Waals surface area contributed by atoms with E-state index in [0.29, 0.717) is 6.04 Å². The number of nitrogens with one attached hydrogen (secondary N) is 1. The van der Waals surface area contributed by atoms with Gasteiger partial charge in [0.1, 0.15) is 0 Å². The highest BCUT2D eigenvalue weighted by atomic mass is 15.3. The highest BCUT2D eigenvalue weighted by molar-refractivity contribution is 5.33. The lowest BCUT2D eigenvalue weighted by molar-refractivity contribution is 0.559. The molecule has 1 aliphatic carbocycles. The van der Waals surface area contributed by atoms with Gasteiger partial charge in [-0.1, -0.05) is 24.3 Å². The average Bonchev–Trinajstić information content (AvgIpc) is 2.47. The molecule has 1 aromatic rings. The van der Waals surface area contributed by atoms with Gasteiger partial charge in [-0.2, -0.15) is 5.10 Å². The molecule has 0 aromatic heterocycles. The van der Waals surface area contributed by atoms with E-state index in [1.807, 2.05) is 0 Å². The van der Waals surface area contributed by atoms with E-state index in [1.54, 1.807) is 0 Å². The smallest absolute Gasteiger partial charge is 0.0520 e. The summed E-state index contributed by atoms with van der Waals surface area (Å²) in [5.74, 6) is 0. The molecule has 0 unspecified atom stereocenters. The Balaban J connectivity index is 2.16. The van der Waals surface area contributed by atoms with Crippen molar-refractivity contribution < 1.29 is 0 Å². The quantitative estimate of drug-likeness (QED) is 0.512. The number of nitrogens with zero attached hydrogens (tertiary/aromatic N) is 1. The molecule has 0 radical (unpaired) electrons. The van der Waals surface area contributed by atoms with Gasteiger partial charge in [-0.15, -0.1) is 0 Å². The molecule has 1 N–H and O–H groups in total. The van der Waals surface area contributed by atoms with E-state index in [0.717, 1.165) is 12.8 Å². The first-order chi connectivity index (χ1) is 5.90. The highest BCUT2D eigenvalue weighted by Crippen LogP contribution is 2.21. The fourth-order valence-electron chi connectivity index (χ4n) is 1.78. The van der Waals surface area contributed by atoms with Gasteiger partial charge < -0.3 is 5.43 Å². The summed E-state index contributed by atoms with van der Waals surface area (Å²) in [6.07, 6.45) is 2.16. The second kappa shape index (κ2) is 2.97. The van der Waals surface area contributed by atoms with Crippen molar-refractivity contribution in [2.75, 3.05) is 0 Å². The third kappa shape index (κ3) is 1.20. The van der Waals surface area contributed by atoms with Crippen molar-refractivity contribution in [3.8, 4) is 0 Å². The zero-order valence-electron chi connectivity index (χ0n) is 6.96. The topological polar surface area (TPSA) is 24.4 Å². The minimum Gasteiger partial charge on any atom is -0.307 e. The zero-order valence-corrected chi connectivity index (χ0v) is 6.96. The lowest BCUT2D eigenvalue weighted by Crippen LogP contribution is -2.23. The van der Waals surface area contributed by atoms with Gasteiger partial charge in [-0.05, 0) is 24.0 Å². The molecule has 62 valence electrons. The van der Waals surface area contributed by atoms with Crippen molar-refractivity contribution in [3.63, 3.8) is 0 Å². The molecule has 0 spiro atoms. The van der Waals surface area contributed by atoms with E-state index < -0.39 is 0 Å². The summed E-state index contributed by atoms with van der Waals surface area (Å²) >= 11 is 0. The molecule has 12 heavy (non-hydrogen) atoms. The largest absolute Gasteiger partial charge is 0.307 e. The van der Waals surface area contributed by atoms with Crippen molar-refractivity contribution in [3.05, 3.63) is 35.4 Å². The lowest BCUT2D eigenvalue weighted by atomic mass is 10.1. The van der Waals surface area contributed by atoms with Crippen LogP contribution >= 0.6 is 0 Å². The molecule has 0 fully saturated rings. The molecule has 2 rings (SSSR count). The molecule has 2 heteroatoms. The second-order valence-electron chi connectivity index (χ2n) is 3.16. The van der Waals surface area contributed by atoms with Gasteiger partial charge in [0.2, 0.25) is 0 Å². The Morgan fingerprint density at radius 3 is 2.33 bits per heavy atom. The average molecular weight is 160 g/mol. The molecule has 0 heterocycles. The van der Waals surface area contributed by atoms with Gasteiger partial charge in [-0.3, -0.25) is 0 Å². The van der Waals surface area contributed by atoms with Crippen LogP contribution in [0, 0.1) is 0 Å². The predicted molar refractivity (Wildman–Crippen MR) is 50.3 cm³/mol. The molecule has 0 saturated heterocycles. The monoisotopic (exact) mass is 160 g/mol. The van der Waals surface area contributed by atoms with E-state index in [9.17, 15) is 0 Å². The van der Waals surface area contributed by atoms with Gasteiger partial charge in [0.15, 0.2) is 0 Å². The maximum Gasteiger partial charge on any atom is 0.0520 e. The molecule has 2 nitrogen and oxygen atoms in total. The number of rotatable bonds is 2. The van der Waals surface area contributed by atoms with Crippen molar-refractivity contribution in [2.24, 2.45) is 5.10 Å². The van der Waals surface area contributed by atoms with Crippen LogP contribution in [0.4, 0.5) is 0 Å². The molecule has 0 amide bonds. The predicted octanol–water partition coefficient (Wildman–Crippen LogP) is 1.36. The fourth-order valence-corrected chi connectivity index (χ4v) is 1.78. The van der Waals surface area contributed by atoms with E-state index in [1.165, 1.54) is 11.1 Å². The summed E-state index contributed by atoms with van der Waals surface area (Å²) in [7, 11) is 0. The molecular formula is C10H12N2. The molecule has 1 aromatic carbocycles. The fraction of sp³-hybridized carbons (Fsp3) is 0.300. The van der Waals surface area contributed by atoms with Crippen LogP contribution in [0.5, 0.6) is 0 Å². The SMILES string of the molecule is C=NNC1Cc2ccccc2C1. The maximum atomic E-state index is 3.70. The molecule has 1 aliphatic rings. The third-order valence-electron chi connectivity index (χ3n) is 2.32. The zero-order chi connectivity index (χ0) is 8.39. The van der Waals surface area contributed by atoms with E-state index in [2.05, 4.69) is 41.5 Å². The van der Waals surface area contributed by atoms with Crippen LogP contribution in [0.1, 0.15) is 11.1 Å². The molecule has 0 bridgehead atoms. The second-order valence-corrected chi connectivity index (χ2v) is 3.16. The highest BCUT2D eigenvalue weighted by Gasteiger charge is 2.19. The van der Waals surface area contributed by atoms with Crippen molar-refractivity contribution >= 4 is 6.72 Å². The first kappa shape index (κ1) is 7.35. The first-order valence-electron chi connectivity index (χ1n) is 4.18. The van der Waals surface area contributed by atoms with Gasteiger partial charge in [0.05, 0.1) is 6.04 Å². The first-order valence-corrected chi connectivity index (χ1v) is 4.18. The van der Waals surface area contributed by atoms with Crippen molar-refractivity contribution in [1.82, 2.24) is 5.43 Å². The van der Waals surface area contributed by atoms with Gasteiger partial charge in [0.25, 0.3) is 0 Å². The number of benzene rings is 1. The summed E-state index contributed by atoms with van der Waals surface area (Å²) in [4.78, 5) is 0. The van der Waals surface area contributed by atoms with Crippen LogP contribution < -0.4 is 5.43 Å². The number of hydrogen-bond acceptors (Lipinski definition) is 2. The Kier molecular flexibility index (Phi) is 1.82. The Hall–Kier alpha value is -1.31. The van der Waals surface area contributed by atoms with E-state index in [-0.39, 0.29) is 0 Å². The molecular weight excluding hydrogens is 148 g/mol. The Bertz CT molecular complexity index is 269. The summed E-state index contributed by atoms with van der Waals surface area (Å²) < 4.78 is 0. The van der Waals surface area contributed by atoms with Crippen molar-refractivity contribution in [1.29, 1.82) is 0 Å². The summed E-state index contributed by atoms with van der Waals surface area (Å²) in [6.45, 7) is 3.43. The number of hydrogen-bond donors (Lipinski definition) is 1. The molecule has 0 saturated carbocycles. The maximum absolute atomic E-state index is 3.70. The Morgan fingerprint density at radius 1 is 1.25 bits per heavy atom. The van der Waals surface area contributed by atoms with Crippen LogP contribution in [0.25, 0.3) is 0 Å². The third-order valence-corrected chi connectivity index (χ3v) is 2.32. The van der Waals surface area contributed by atoms with Crippen LogP contribution in [0.15, 0.2) is 29.4 Å². The summed E-state index contributed by atoms with van der Waals surface area (Å²) in [5.41, 5.74) is 5.89. The minimum atomic E-state index is 0.458.